The number of hydrogen-bond acceptors (Lipinski definition) is 3. The Balaban J connectivity index is 2.78. The van der Waals surface area contributed by atoms with Gasteiger partial charge in [-0.25, -0.2) is 0 Å². The topological polar surface area (TPSA) is 72.9 Å². The van der Waals surface area contributed by atoms with Gasteiger partial charge in [0, 0.05) is 14.0 Å². The van der Waals surface area contributed by atoms with Crippen molar-refractivity contribution >= 4 is 11.6 Å². The van der Waals surface area contributed by atoms with E-state index in [4.69, 9.17) is 5.73 Å². The van der Waals surface area contributed by atoms with Crippen LogP contribution in [-0.4, -0.2) is 15.7 Å². The summed E-state index contributed by atoms with van der Waals surface area (Å²) < 4.78 is 1.70. The standard InChI is InChI=1S/C8H14N4O/c1-5-8(9)7(11-12(5)3)4-10-6(2)13/h4,9H2,1-3H3,(H,10,13). The Bertz CT molecular complexity index is 329. The second-order valence-electron chi connectivity index (χ2n) is 2.98. The van der Waals surface area contributed by atoms with Crippen molar-refractivity contribution in [2.45, 2.75) is 20.4 Å². The maximum absolute atomic E-state index is 10.6. The molecular weight excluding hydrogens is 168 g/mol. The molecule has 1 rings (SSSR count). The average molecular weight is 182 g/mol. The van der Waals surface area contributed by atoms with Crippen molar-refractivity contribution in [2.24, 2.45) is 7.05 Å². The first-order valence-electron chi connectivity index (χ1n) is 4.04. The molecule has 1 aromatic rings. The number of carbonyl (C=O) groups is 1. The molecule has 5 heteroatoms. The summed E-state index contributed by atoms with van der Waals surface area (Å²) in [6, 6.07) is 0. The molecule has 0 aromatic carbocycles. The summed E-state index contributed by atoms with van der Waals surface area (Å²) in [5.41, 5.74) is 8.04. The molecule has 0 unspecified atom stereocenters. The Labute approximate surface area is 76.9 Å². The van der Waals surface area contributed by atoms with Crippen LogP contribution in [0, 0.1) is 6.92 Å². The van der Waals surface area contributed by atoms with E-state index in [1.807, 2.05) is 14.0 Å². The minimum Gasteiger partial charge on any atom is -0.396 e. The third kappa shape index (κ3) is 1.99. The van der Waals surface area contributed by atoms with E-state index in [1.54, 1.807) is 4.68 Å². The molecule has 0 radical (unpaired) electrons. The van der Waals surface area contributed by atoms with Gasteiger partial charge in [-0.15, -0.1) is 0 Å². The first-order chi connectivity index (χ1) is 6.02. The van der Waals surface area contributed by atoms with Crippen LogP contribution in [0.4, 0.5) is 5.69 Å². The van der Waals surface area contributed by atoms with Crippen molar-refractivity contribution in [2.75, 3.05) is 5.73 Å². The van der Waals surface area contributed by atoms with E-state index in [9.17, 15) is 4.79 Å². The molecule has 0 fully saturated rings. The molecule has 1 heterocycles. The van der Waals surface area contributed by atoms with Gasteiger partial charge >= 0.3 is 0 Å². The highest BCUT2D eigenvalue weighted by Gasteiger charge is 2.08. The minimum atomic E-state index is -0.0808. The number of nitrogens with one attached hydrogen (secondary N) is 1. The van der Waals surface area contributed by atoms with Gasteiger partial charge in [-0.2, -0.15) is 5.10 Å². The zero-order chi connectivity index (χ0) is 10.0. The van der Waals surface area contributed by atoms with E-state index in [0.717, 1.165) is 11.4 Å². The van der Waals surface area contributed by atoms with Crippen molar-refractivity contribution in [1.82, 2.24) is 15.1 Å². The summed E-state index contributed by atoms with van der Waals surface area (Å²) in [4.78, 5) is 10.6. The molecule has 1 aromatic heterocycles. The maximum Gasteiger partial charge on any atom is 0.217 e. The van der Waals surface area contributed by atoms with E-state index in [-0.39, 0.29) is 5.91 Å². The van der Waals surface area contributed by atoms with Gasteiger partial charge in [0.25, 0.3) is 0 Å². The number of hydrogen-bond donors (Lipinski definition) is 2. The van der Waals surface area contributed by atoms with Crippen LogP contribution >= 0.6 is 0 Å². The van der Waals surface area contributed by atoms with Gasteiger partial charge in [-0.05, 0) is 6.92 Å². The first-order valence-corrected chi connectivity index (χ1v) is 4.04. The highest BCUT2D eigenvalue weighted by atomic mass is 16.1. The molecule has 0 saturated carbocycles. The van der Waals surface area contributed by atoms with Crippen LogP contribution in [0.25, 0.3) is 0 Å². The Morgan fingerprint density at radius 1 is 1.69 bits per heavy atom. The molecule has 0 aliphatic heterocycles. The Kier molecular flexibility index (Phi) is 2.55. The fraction of sp³-hybridized carbons (Fsp3) is 0.500. The smallest absolute Gasteiger partial charge is 0.217 e. The van der Waals surface area contributed by atoms with Gasteiger partial charge in [-0.3, -0.25) is 9.48 Å². The molecule has 3 N–H and O–H groups in total. The highest BCUT2D eigenvalue weighted by Crippen LogP contribution is 2.14. The monoisotopic (exact) mass is 182 g/mol. The summed E-state index contributed by atoms with van der Waals surface area (Å²) in [5.74, 6) is -0.0808. The number of amides is 1. The van der Waals surface area contributed by atoms with Crippen LogP contribution < -0.4 is 11.1 Å². The SMILES string of the molecule is CC(=O)NCc1nn(C)c(C)c1N. The van der Waals surface area contributed by atoms with E-state index < -0.39 is 0 Å². The van der Waals surface area contributed by atoms with Crippen molar-refractivity contribution in [3.05, 3.63) is 11.4 Å². The predicted octanol–water partition coefficient (Wildman–Crippen LogP) is -0.0532. The number of rotatable bonds is 2. The quantitative estimate of drug-likeness (QED) is 0.673. The van der Waals surface area contributed by atoms with Crippen LogP contribution in [0.2, 0.25) is 0 Å². The third-order valence-electron chi connectivity index (χ3n) is 1.96. The summed E-state index contributed by atoms with van der Waals surface area (Å²) in [7, 11) is 1.82. The molecule has 0 aliphatic carbocycles. The minimum absolute atomic E-state index is 0.0808. The number of nitrogen functional groups attached to an aromatic ring is 1. The first kappa shape index (κ1) is 9.57. The number of aryl methyl sites for hydroxylation is 1. The molecule has 5 nitrogen and oxygen atoms in total. The maximum atomic E-state index is 10.6. The molecule has 0 atom stereocenters. The van der Waals surface area contributed by atoms with Gasteiger partial charge in [0.05, 0.1) is 17.9 Å². The van der Waals surface area contributed by atoms with Gasteiger partial charge in [-0.1, -0.05) is 0 Å². The van der Waals surface area contributed by atoms with E-state index in [2.05, 4.69) is 10.4 Å². The lowest BCUT2D eigenvalue weighted by molar-refractivity contribution is -0.119. The van der Waals surface area contributed by atoms with Gasteiger partial charge < -0.3 is 11.1 Å². The molecule has 0 saturated heterocycles. The highest BCUT2D eigenvalue weighted by molar-refractivity contribution is 5.73. The Morgan fingerprint density at radius 3 is 2.69 bits per heavy atom. The van der Waals surface area contributed by atoms with Gasteiger partial charge in [0.1, 0.15) is 5.69 Å². The van der Waals surface area contributed by atoms with Crippen LogP contribution in [0.1, 0.15) is 18.3 Å². The second kappa shape index (κ2) is 3.47. The molecule has 13 heavy (non-hydrogen) atoms. The molecule has 0 bridgehead atoms. The van der Waals surface area contributed by atoms with Crippen LogP contribution in [0.5, 0.6) is 0 Å². The molecule has 1 amide bonds. The lowest BCUT2D eigenvalue weighted by atomic mass is 10.3. The predicted molar refractivity (Wildman–Crippen MR) is 49.9 cm³/mol. The second-order valence-corrected chi connectivity index (χ2v) is 2.98. The summed E-state index contributed by atoms with van der Waals surface area (Å²) >= 11 is 0. The van der Waals surface area contributed by atoms with Crippen molar-refractivity contribution in [1.29, 1.82) is 0 Å². The average Bonchev–Trinajstić information content (AvgIpc) is 2.29. The Hall–Kier alpha value is -1.52. The van der Waals surface area contributed by atoms with Gasteiger partial charge in [0.15, 0.2) is 0 Å². The number of anilines is 1. The lowest BCUT2D eigenvalue weighted by Gasteiger charge is -1.98. The number of nitrogens with two attached hydrogens (primary N) is 1. The number of aromatic nitrogens is 2. The van der Waals surface area contributed by atoms with Crippen LogP contribution in [-0.2, 0) is 18.4 Å². The van der Waals surface area contributed by atoms with Crippen molar-refractivity contribution in [3.63, 3.8) is 0 Å². The zero-order valence-corrected chi connectivity index (χ0v) is 8.09. The summed E-state index contributed by atoms with van der Waals surface area (Å²) in [6.45, 7) is 3.74. The largest absolute Gasteiger partial charge is 0.396 e. The molecule has 0 spiro atoms. The molecule has 72 valence electrons. The summed E-state index contributed by atoms with van der Waals surface area (Å²) in [6.07, 6.45) is 0. The summed E-state index contributed by atoms with van der Waals surface area (Å²) in [5, 5.41) is 6.81. The Morgan fingerprint density at radius 2 is 2.31 bits per heavy atom. The molecular formula is C8H14N4O. The van der Waals surface area contributed by atoms with E-state index >= 15 is 0 Å². The van der Waals surface area contributed by atoms with Crippen LogP contribution in [0.3, 0.4) is 0 Å². The third-order valence-corrected chi connectivity index (χ3v) is 1.96. The lowest BCUT2D eigenvalue weighted by Crippen LogP contribution is -2.19. The fourth-order valence-corrected chi connectivity index (χ4v) is 1.03. The molecule has 0 aliphatic rings. The van der Waals surface area contributed by atoms with Crippen LogP contribution in [0.15, 0.2) is 0 Å². The fourth-order valence-electron chi connectivity index (χ4n) is 1.03. The van der Waals surface area contributed by atoms with Crippen molar-refractivity contribution in [3.8, 4) is 0 Å². The number of nitrogens with zero attached hydrogens (tertiary/aromatic N) is 2. The zero-order valence-electron chi connectivity index (χ0n) is 8.09. The van der Waals surface area contributed by atoms with Crippen molar-refractivity contribution < 1.29 is 4.79 Å². The van der Waals surface area contributed by atoms with E-state index in [0.29, 0.717) is 12.2 Å². The van der Waals surface area contributed by atoms with E-state index in [1.165, 1.54) is 6.92 Å². The van der Waals surface area contributed by atoms with Gasteiger partial charge in [0.2, 0.25) is 5.91 Å². The number of carbonyl (C=O) groups excluding carboxylic acids is 1. The normalized spacial score (nSPS) is 10.1.